The van der Waals surface area contributed by atoms with Crippen molar-refractivity contribution in [3.8, 4) is 0 Å². The standard InChI is InChI=1S/C19H20N2O4/c22-18(23)15-3-1-2-13(10-15)11-20-19(24)21-17-6-4-14(5-7-17)16-8-9-25-12-16/h1-7,10,16H,8-9,11-12H2,(H,22,23)(H2,20,21,24). The van der Waals surface area contributed by atoms with E-state index in [0.29, 0.717) is 11.6 Å². The second-order valence-corrected chi connectivity index (χ2v) is 6.00. The summed E-state index contributed by atoms with van der Waals surface area (Å²) in [7, 11) is 0. The van der Waals surface area contributed by atoms with Gasteiger partial charge in [-0.05, 0) is 41.8 Å². The fourth-order valence-electron chi connectivity index (χ4n) is 2.81. The second-order valence-electron chi connectivity index (χ2n) is 6.00. The summed E-state index contributed by atoms with van der Waals surface area (Å²) in [4.78, 5) is 22.9. The van der Waals surface area contributed by atoms with Crippen LogP contribution in [0.2, 0.25) is 0 Å². The Morgan fingerprint density at radius 3 is 2.64 bits per heavy atom. The molecule has 1 unspecified atom stereocenters. The highest BCUT2D eigenvalue weighted by molar-refractivity contribution is 5.89. The number of carbonyl (C=O) groups excluding carboxylic acids is 1. The number of carboxylic acid groups (broad SMARTS) is 1. The summed E-state index contributed by atoms with van der Waals surface area (Å²) >= 11 is 0. The summed E-state index contributed by atoms with van der Waals surface area (Å²) in [5.41, 5.74) is 2.85. The van der Waals surface area contributed by atoms with Crippen molar-refractivity contribution in [1.29, 1.82) is 0 Å². The van der Waals surface area contributed by atoms with E-state index in [1.54, 1.807) is 18.2 Å². The number of ether oxygens (including phenoxy) is 1. The van der Waals surface area contributed by atoms with Gasteiger partial charge in [-0.15, -0.1) is 0 Å². The van der Waals surface area contributed by atoms with Gasteiger partial charge in [0.15, 0.2) is 0 Å². The van der Waals surface area contributed by atoms with Gasteiger partial charge in [-0.2, -0.15) is 0 Å². The minimum Gasteiger partial charge on any atom is -0.478 e. The maximum absolute atomic E-state index is 12.0. The van der Waals surface area contributed by atoms with E-state index in [1.807, 2.05) is 24.3 Å². The molecule has 2 aromatic rings. The van der Waals surface area contributed by atoms with Crippen LogP contribution in [-0.2, 0) is 11.3 Å². The summed E-state index contributed by atoms with van der Waals surface area (Å²) < 4.78 is 5.39. The maximum atomic E-state index is 12.0. The number of carboxylic acids is 1. The first kappa shape index (κ1) is 17.0. The molecule has 1 aliphatic heterocycles. The van der Waals surface area contributed by atoms with Crippen molar-refractivity contribution in [2.45, 2.75) is 18.9 Å². The molecule has 0 aromatic heterocycles. The Morgan fingerprint density at radius 1 is 1.16 bits per heavy atom. The van der Waals surface area contributed by atoms with Crippen molar-refractivity contribution < 1.29 is 19.4 Å². The van der Waals surface area contributed by atoms with Crippen LogP contribution < -0.4 is 10.6 Å². The number of anilines is 1. The summed E-state index contributed by atoms with van der Waals surface area (Å²) in [5.74, 6) is -0.552. The van der Waals surface area contributed by atoms with Crippen LogP contribution in [0.4, 0.5) is 10.5 Å². The zero-order valence-electron chi connectivity index (χ0n) is 13.7. The van der Waals surface area contributed by atoms with E-state index in [-0.39, 0.29) is 18.1 Å². The number of aromatic carboxylic acids is 1. The number of nitrogens with one attached hydrogen (secondary N) is 2. The average Bonchev–Trinajstić information content (AvgIpc) is 3.15. The van der Waals surface area contributed by atoms with Gasteiger partial charge in [-0.1, -0.05) is 24.3 Å². The molecule has 6 heteroatoms. The van der Waals surface area contributed by atoms with Crippen molar-refractivity contribution in [2.75, 3.05) is 18.5 Å². The monoisotopic (exact) mass is 340 g/mol. The minimum atomic E-state index is -0.987. The zero-order chi connectivity index (χ0) is 17.6. The topological polar surface area (TPSA) is 87.7 Å². The van der Waals surface area contributed by atoms with Crippen LogP contribution >= 0.6 is 0 Å². The van der Waals surface area contributed by atoms with Crippen molar-refractivity contribution >= 4 is 17.7 Å². The minimum absolute atomic E-state index is 0.200. The molecule has 1 heterocycles. The Hall–Kier alpha value is -2.86. The molecule has 1 fully saturated rings. The van der Waals surface area contributed by atoms with Crippen molar-refractivity contribution in [3.05, 3.63) is 65.2 Å². The van der Waals surface area contributed by atoms with Gasteiger partial charge < -0.3 is 20.5 Å². The molecule has 25 heavy (non-hydrogen) atoms. The average molecular weight is 340 g/mol. The summed E-state index contributed by atoms with van der Waals surface area (Å²) in [6.07, 6.45) is 1.03. The lowest BCUT2D eigenvalue weighted by Crippen LogP contribution is -2.28. The first-order valence-electron chi connectivity index (χ1n) is 8.16. The summed E-state index contributed by atoms with van der Waals surface area (Å²) in [5, 5.41) is 14.5. The molecule has 0 spiro atoms. The second kappa shape index (κ2) is 7.81. The molecule has 2 amide bonds. The third kappa shape index (κ3) is 4.58. The predicted molar refractivity (Wildman–Crippen MR) is 93.9 cm³/mol. The van der Waals surface area contributed by atoms with Crippen molar-refractivity contribution in [3.63, 3.8) is 0 Å². The van der Waals surface area contributed by atoms with Gasteiger partial charge in [-0.3, -0.25) is 0 Å². The first-order chi connectivity index (χ1) is 12.1. The van der Waals surface area contributed by atoms with Gasteiger partial charge in [-0.25, -0.2) is 9.59 Å². The molecule has 130 valence electrons. The van der Waals surface area contributed by atoms with E-state index in [1.165, 1.54) is 11.6 Å². The summed E-state index contributed by atoms with van der Waals surface area (Å²) in [6, 6.07) is 13.9. The van der Waals surface area contributed by atoms with E-state index in [9.17, 15) is 9.59 Å². The van der Waals surface area contributed by atoms with Gasteiger partial charge in [0.2, 0.25) is 0 Å². The number of carbonyl (C=O) groups is 2. The van der Waals surface area contributed by atoms with Crippen LogP contribution in [0.15, 0.2) is 48.5 Å². The zero-order valence-corrected chi connectivity index (χ0v) is 13.7. The van der Waals surface area contributed by atoms with Crippen LogP contribution in [0.3, 0.4) is 0 Å². The molecule has 0 radical (unpaired) electrons. The highest BCUT2D eigenvalue weighted by Gasteiger charge is 2.17. The van der Waals surface area contributed by atoms with Gasteiger partial charge in [0, 0.05) is 24.8 Å². The van der Waals surface area contributed by atoms with Crippen LogP contribution in [0.5, 0.6) is 0 Å². The molecular formula is C19H20N2O4. The number of hydrogen-bond acceptors (Lipinski definition) is 3. The molecule has 6 nitrogen and oxygen atoms in total. The maximum Gasteiger partial charge on any atom is 0.335 e. The third-order valence-corrected chi connectivity index (χ3v) is 4.20. The molecule has 2 aromatic carbocycles. The molecule has 0 bridgehead atoms. The molecule has 1 aliphatic rings. The van der Waals surface area contributed by atoms with Crippen LogP contribution in [-0.4, -0.2) is 30.3 Å². The Kier molecular flexibility index (Phi) is 5.30. The van der Waals surface area contributed by atoms with E-state index < -0.39 is 5.97 Å². The van der Waals surface area contributed by atoms with Gasteiger partial charge in [0.1, 0.15) is 0 Å². The number of urea groups is 1. The quantitative estimate of drug-likeness (QED) is 0.780. The number of hydrogen-bond donors (Lipinski definition) is 3. The lowest BCUT2D eigenvalue weighted by molar-refractivity contribution is 0.0696. The first-order valence-corrected chi connectivity index (χ1v) is 8.16. The lowest BCUT2D eigenvalue weighted by atomic mass is 9.98. The smallest absolute Gasteiger partial charge is 0.335 e. The molecule has 3 rings (SSSR count). The fraction of sp³-hybridized carbons (Fsp3) is 0.263. The highest BCUT2D eigenvalue weighted by atomic mass is 16.5. The predicted octanol–water partition coefficient (Wildman–Crippen LogP) is 3.21. The highest BCUT2D eigenvalue weighted by Crippen LogP contribution is 2.26. The lowest BCUT2D eigenvalue weighted by Gasteiger charge is -2.11. The largest absolute Gasteiger partial charge is 0.478 e. The Balaban J connectivity index is 1.52. The number of benzene rings is 2. The Morgan fingerprint density at radius 2 is 1.96 bits per heavy atom. The summed E-state index contributed by atoms with van der Waals surface area (Å²) in [6.45, 7) is 1.81. The van der Waals surface area contributed by atoms with Gasteiger partial charge in [0.05, 0.1) is 12.2 Å². The molecule has 0 aliphatic carbocycles. The van der Waals surface area contributed by atoms with E-state index >= 15 is 0 Å². The van der Waals surface area contributed by atoms with Crippen LogP contribution in [0, 0.1) is 0 Å². The molecular weight excluding hydrogens is 320 g/mol. The molecule has 0 saturated carbocycles. The SMILES string of the molecule is O=C(NCc1cccc(C(=O)O)c1)Nc1ccc(C2CCOC2)cc1. The van der Waals surface area contributed by atoms with Crippen molar-refractivity contribution in [2.24, 2.45) is 0 Å². The van der Waals surface area contributed by atoms with E-state index in [2.05, 4.69) is 10.6 Å². The van der Waals surface area contributed by atoms with E-state index in [4.69, 9.17) is 9.84 Å². The molecule has 1 atom stereocenters. The molecule has 3 N–H and O–H groups in total. The fourth-order valence-corrected chi connectivity index (χ4v) is 2.81. The molecule has 1 saturated heterocycles. The normalized spacial score (nSPS) is 16.4. The number of amides is 2. The number of rotatable bonds is 5. The van der Waals surface area contributed by atoms with Gasteiger partial charge in [0.25, 0.3) is 0 Å². The van der Waals surface area contributed by atoms with Crippen molar-refractivity contribution in [1.82, 2.24) is 5.32 Å². The Bertz CT molecular complexity index is 752. The van der Waals surface area contributed by atoms with Crippen LogP contribution in [0.1, 0.15) is 33.8 Å². The van der Waals surface area contributed by atoms with E-state index in [0.717, 1.165) is 25.2 Å². The van der Waals surface area contributed by atoms with Gasteiger partial charge >= 0.3 is 12.0 Å². The third-order valence-electron chi connectivity index (χ3n) is 4.20. The van der Waals surface area contributed by atoms with Crippen LogP contribution in [0.25, 0.3) is 0 Å². The Labute approximate surface area is 145 Å².